The third-order valence-corrected chi connectivity index (χ3v) is 8.28. The Morgan fingerprint density at radius 2 is 2.00 bits per heavy atom. The van der Waals surface area contributed by atoms with E-state index in [1.807, 2.05) is 18.2 Å². The van der Waals surface area contributed by atoms with E-state index in [1.54, 1.807) is 30.3 Å². The maximum Gasteiger partial charge on any atom is 0.335 e. The number of carbonyl (C=O) groups is 1. The lowest BCUT2D eigenvalue weighted by molar-refractivity contribution is -0.0592. The molecular weight excluding hydrogens is 563 g/mol. The number of ether oxygens (including phenoxy) is 4. The number of hydrogen-bond donors (Lipinski definition) is 1. The summed E-state index contributed by atoms with van der Waals surface area (Å²) < 4.78 is 40.8. The van der Waals surface area contributed by atoms with Gasteiger partial charge in [-0.1, -0.05) is 35.9 Å². The minimum absolute atomic E-state index is 0.0932. The monoisotopic (exact) mass is 590 g/mol. The minimum Gasteiger partial charge on any atom is -0.485 e. The quantitative estimate of drug-likeness (QED) is 0.272. The number of hydrogen-bond acceptors (Lipinski definition) is 6. The maximum atomic E-state index is 14.5. The number of aromatic nitrogens is 2. The number of halogens is 2. The van der Waals surface area contributed by atoms with E-state index in [9.17, 15) is 14.3 Å². The first-order valence-electron chi connectivity index (χ1n) is 14.0. The second-order valence-corrected chi connectivity index (χ2v) is 11.2. The van der Waals surface area contributed by atoms with Crippen LogP contribution in [-0.4, -0.2) is 52.7 Å². The van der Waals surface area contributed by atoms with Gasteiger partial charge in [0.05, 0.1) is 42.0 Å². The second kappa shape index (κ2) is 11.1. The van der Waals surface area contributed by atoms with Crippen molar-refractivity contribution in [1.82, 2.24) is 9.55 Å². The fourth-order valence-electron chi connectivity index (χ4n) is 5.71. The SMILES string of the molecule is O=C(O)c1ccc2nc(CC3CC=C(c4cccc5c4OCC(c4ccc(Cl)cc4F)O5)CO3)n(C[C@@H]3CCO3)c2c1. The highest BCUT2D eigenvalue weighted by molar-refractivity contribution is 6.30. The fourth-order valence-corrected chi connectivity index (χ4v) is 5.87. The van der Waals surface area contributed by atoms with Gasteiger partial charge in [-0.25, -0.2) is 14.2 Å². The summed E-state index contributed by atoms with van der Waals surface area (Å²) in [7, 11) is 0. The van der Waals surface area contributed by atoms with Crippen LogP contribution in [0.15, 0.2) is 60.7 Å². The number of imidazole rings is 1. The largest absolute Gasteiger partial charge is 0.485 e. The molecule has 7 rings (SSSR count). The molecule has 1 aromatic heterocycles. The van der Waals surface area contributed by atoms with E-state index < -0.39 is 17.9 Å². The molecule has 3 aliphatic heterocycles. The van der Waals surface area contributed by atoms with Crippen LogP contribution in [0.3, 0.4) is 0 Å². The zero-order valence-electron chi connectivity index (χ0n) is 22.6. The molecule has 0 spiro atoms. The van der Waals surface area contributed by atoms with E-state index in [4.69, 9.17) is 35.5 Å². The van der Waals surface area contributed by atoms with Crippen molar-refractivity contribution in [2.75, 3.05) is 19.8 Å². The second-order valence-electron chi connectivity index (χ2n) is 10.7. The third-order valence-electron chi connectivity index (χ3n) is 8.05. The van der Waals surface area contributed by atoms with E-state index in [0.717, 1.165) is 41.0 Å². The standard InChI is InChI=1S/C32H28ClFN2O6/c33-20-6-8-24(25(34)13-20)29-17-41-31-23(2-1-3-28(31)42-29)19-4-7-21(40-16-19)14-30-35-26-9-5-18(32(37)38)12-27(26)36(30)15-22-10-11-39-22/h1-6,8-9,12-13,21-22,29H,7,10-11,14-17H2,(H,37,38)/t21?,22-,29?/m0/s1. The molecule has 42 heavy (non-hydrogen) atoms. The van der Waals surface area contributed by atoms with E-state index >= 15 is 0 Å². The highest BCUT2D eigenvalue weighted by Crippen LogP contribution is 2.43. The average Bonchev–Trinajstić information content (AvgIpc) is 3.30. The molecule has 3 aromatic carbocycles. The Labute approximate surface area is 246 Å². The van der Waals surface area contributed by atoms with Crippen molar-refractivity contribution in [2.24, 2.45) is 0 Å². The molecule has 0 radical (unpaired) electrons. The molecule has 0 saturated carbocycles. The molecule has 1 N–H and O–H groups in total. The number of rotatable bonds is 7. The van der Waals surface area contributed by atoms with E-state index in [-0.39, 0.29) is 24.4 Å². The number of nitrogens with zero attached hydrogens (tertiary/aromatic N) is 2. The van der Waals surface area contributed by atoms with E-state index in [2.05, 4.69) is 10.6 Å². The van der Waals surface area contributed by atoms with Crippen LogP contribution in [0.5, 0.6) is 11.5 Å². The van der Waals surface area contributed by atoms with Crippen LogP contribution in [-0.2, 0) is 22.4 Å². The molecule has 0 bridgehead atoms. The van der Waals surface area contributed by atoms with Crippen LogP contribution in [0.1, 0.15) is 46.3 Å². The summed E-state index contributed by atoms with van der Waals surface area (Å²) in [4.78, 5) is 16.4. The molecule has 0 amide bonds. The predicted octanol–water partition coefficient (Wildman–Crippen LogP) is 6.24. The molecular formula is C32H28ClFN2O6. The lowest BCUT2D eigenvalue weighted by Gasteiger charge is -2.30. The van der Waals surface area contributed by atoms with Crippen molar-refractivity contribution < 1.29 is 33.2 Å². The first kappa shape index (κ1) is 26.9. The number of benzene rings is 3. The Morgan fingerprint density at radius 3 is 2.74 bits per heavy atom. The number of fused-ring (bicyclic) bond motifs is 2. The average molecular weight is 591 g/mol. The van der Waals surface area contributed by atoms with Crippen molar-refractivity contribution in [2.45, 2.75) is 44.1 Å². The van der Waals surface area contributed by atoms with Gasteiger partial charge in [0.1, 0.15) is 18.2 Å². The normalized spacial score (nSPS) is 21.6. The fraction of sp³-hybridized carbons (Fsp3) is 0.312. The van der Waals surface area contributed by atoms with Gasteiger partial charge >= 0.3 is 5.97 Å². The highest BCUT2D eigenvalue weighted by atomic mass is 35.5. The van der Waals surface area contributed by atoms with Crippen molar-refractivity contribution in [3.05, 3.63) is 94.0 Å². The van der Waals surface area contributed by atoms with Crippen molar-refractivity contribution >= 4 is 34.2 Å². The van der Waals surface area contributed by atoms with Gasteiger partial charge in [-0.05, 0) is 54.8 Å². The minimum atomic E-state index is -0.968. The maximum absolute atomic E-state index is 14.5. The summed E-state index contributed by atoms with van der Waals surface area (Å²) >= 11 is 5.91. The number of carboxylic acid groups (broad SMARTS) is 1. The molecule has 1 saturated heterocycles. The number of para-hydroxylation sites is 1. The topological polar surface area (TPSA) is 92.0 Å². The van der Waals surface area contributed by atoms with Crippen LogP contribution in [0, 0.1) is 5.82 Å². The van der Waals surface area contributed by atoms with Gasteiger partial charge in [0, 0.05) is 29.2 Å². The summed E-state index contributed by atoms with van der Waals surface area (Å²) in [6, 6.07) is 15.2. The molecule has 1 fully saturated rings. The molecule has 4 heterocycles. The Balaban J connectivity index is 1.09. The molecule has 0 aliphatic carbocycles. The van der Waals surface area contributed by atoms with Crippen molar-refractivity contribution in [3.63, 3.8) is 0 Å². The first-order valence-corrected chi connectivity index (χ1v) is 14.3. The van der Waals surface area contributed by atoms with Crippen molar-refractivity contribution in [3.8, 4) is 11.5 Å². The summed E-state index contributed by atoms with van der Waals surface area (Å²) in [6.07, 6.45) is 3.78. The molecule has 4 aromatic rings. The Hall–Kier alpha value is -3.92. The van der Waals surface area contributed by atoms with Crippen LogP contribution in [0.25, 0.3) is 16.6 Å². The third kappa shape index (κ3) is 5.12. The van der Waals surface area contributed by atoms with E-state index in [1.165, 1.54) is 6.07 Å². The van der Waals surface area contributed by atoms with Crippen molar-refractivity contribution in [1.29, 1.82) is 0 Å². The lowest BCUT2D eigenvalue weighted by Crippen LogP contribution is -2.32. The molecule has 8 nitrogen and oxygen atoms in total. The van der Waals surface area contributed by atoms with Crippen LogP contribution >= 0.6 is 11.6 Å². The molecule has 3 atom stereocenters. The van der Waals surface area contributed by atoms with Crippen LogP contribution < -0.4 is 9.47 Å². The van der Waals surface area contributed by atoms with Gasteiger partial charge in [-0.2, -0.15) is 0 Å². The smallest absolute Gasteiger partial charge is 0.335 e. The van der Waals surface area contributed by atoms with Gasteiger partial charge in [-0.3, -0.25) is 0 Å². The summed E-state index contributed by atoms with van der Waals surface area (Å²) in [5.41, 5.74) is 4.05. The molecule has 3 aliphatic rings. The highest BCUT2D eigenvalue weighted by Gasteiger charge is 2.29. The van der Waals surface area contributed by atoms with Gasteiger partial charge in [-0.15, -0.1) is 0 Å². The zero-order valence-corrected chi connectivity index (χ0v) is 23.4. The summed E-state index contributed by atoms with van der Waals surface area (Å²) in [5.74, 6) is 0.617. The van der Waals surface area contributed by atoms with Crippen LogP contribution in [0.4, 0.5) is 4.39 Å². The van der Waals surface area contributed by atoms with Crippen LogP contribution in [0.2, 0.25) is 5.02 Å². The van der Waals surface area contributed by atoms with Gasteiger partial charge < -0.3 is 28.6 Å². The molecule has 10 heteroatoms. The van der Waals surface area contributed by atoms with Gasteiger partial charge in [0.2, 0.25) is 0 Å². The first-order chi connectivity index (χ1) is 20.4. The van der Waals surface area contributed by atoms with E-state index in [0.29, 0.717) is 48.1 Å². The van der Waals surface area contributed by atoms with Gasteiger partial charge in [0.25, 0.3) is 0 Å². The predicted molar refractivity (Wildman–Crippen MR) is 154 cm³/mol. The Kier molecular flexibility index (Phi) is 7.09. The Bertz CT molecular complexity index is 1710. The Morgan fingerprint density at radius 1 is 1.12 bits per heavy atom. The summed E-state index contributed by atoms with van der Waals surface area (Å²) in [6.45, 7) is 1.92. The number of carboxylic acids is 1. The lowest BCUT2D eigenvalue weighted by atomic mass is 9.98. The molecule has 216 valence electrons. The number of aromatic carboxylic acids is 1. The zero-order chi connectivity index (χ0) is 28.8. The molecule has 2 unspecified atom stereocenters. The van der Waals surface area contributed by atoms with Gasteiger partial charge in [0.15, 0.2) is 17.6 Å². The summed E-state index contributed by atoms with van der Waals surface area (Å²) in [5, 5.41) is 9.83.